The molecule has 5 nitrogen and oxygen atoms in total. The summed E-state index contributed by atoms with van der Waals surface area (Å²) >= 11 is 10.3. The normalized spacial score (nSPS) is 10.1. The maximum atomic E-state index is 11.5. The molecule has 8 heteroatoms. The molecular weight excluding hydrogens is 342 g/mol. The van der Waals surface area contributed by atoms with E-state index >= 15 is 0 Å². The molecule has 1 aromatic carbocycles. The Bertz CT molecular complexity index is 550. The maximum Gasteiger partial charge on any atom is 0.264 e. The van der Waals surface area contributed by atoms with Crippen LogP contribution in [0.2, 0.25) is 5.02 Å². The molecule has 0 saturated carbocycles. The third-order valence-electron chi connectivity index (χ3n) is 1.86. The Balaban J connectivity index is 1.89. The summed E-state index contributed by atoms with van der Waals surface area (Å²) < 4.78 is 6.03. The minimum Gasteiger partial charge on any atom is -0.483 e. The van der Waals surface area contributed by atoms with Gasteiger partial charge in [0.25, 0.3) is 5.91 Å². The number of carbonyl (C=O) groups excluding carboxylic acids is 1. The van der Waals surface area contributed by atoms with Crippen LogP contribution in [0.1, 0.15) is 0 Å². The van der Waals surface area contributed by atoms with E-state index in [0.717, 1.165) is 0 Å². The molecule has 2 aromatic rings. The number of hydrogen-bond donors (Lipinski definition) is 1. The van der Waals surface area contributed by atoms with Crippen LogP contribution in [0.15, 0.2) is 28.2 Å². The summed E-state index contributed by atoms with van der Waals surface area (Å²) in [6.45, 7) is -0.111. The summed E-state index contributed by atoms with van der Waals surface area (Å²) in [5, 5.41) is 10.9. The van der Waals surface area contributed by atoms with Crippen LogP contribution >= 0.6 is 38.9 Å². The highest BCUT2D eigenvalue weighted by Gasteiger charge is 2.07. The summed E-state index contributed by atoms with van der Waals surface area (Å²) in [5.74, 6) is 0.250. The lowest BCUT2D eigenvalue weighted by atomic mass is 10.3. The average molecular weight is 349 g/mol. The number of carbonyl (C=O) groups is 1. The van der Waals surface area contributed by atoms with E-state index in [-0.39, 0.29) is 12.5 Å². The molecular formula is C10H7BrClN3O2S. The predicted molar refractivity (Wildman–Crippen MR) is 73.2 cm³/mol. The van der Waals surface area contributed by atoms with Gasteiger partial charge in [-0.15, -0.1) is 10.2 Å². The molecule has 0 spiro atoms. The number of amides is 1. The zero-order chi connectivity index (χ0) is 13.0. The molecule has 0 aliphatic rings. The number of nitrogens with zero attached hydrogens (tertiary/aromatic N) is 2. The first-order valence-electron chi connectivity index (χ1n) is 4.79. The fraction of sp³-hybridized carbons (Fsp3) is 0.100. The predicted octanol–water partition coefficient (Wildman–Crippen LogP) is 2.97. The third kappa shape index (κ3) is 3.66. The monoisotopic (exact) mass is 347 g/mol. The SMILES string of the molecule is O=C(COc1ccc(Cl)cc1Br)Nc1nncs1. The molecule has 1 aromatic heterocycles. The van der Waals surface area contributed by atoms with Crippen molar-refractivity contribution < 1.29 is 9.53 Å². The van der Waals surface area contributed by atoms with Crippen LogP contribution in [0.3, 0.4) is 0 Å². The molecule has 2 rings (SSSR count). The van der Waals surface area contributed by atoms with Crippen LogP contribution in [0.5, 0.6) is 5.75 Å². The van der Waals surface area contributed by atoms with Gasteiger partial charge in [-0.25, -0.2) is 0 Å². The molecule has 1 heterocycles. The topological polar surface area (TPSA) is 64.1 Å². The number of nitrogens with one attached hydrogen (secondary N) is 1. The Morgan fingerprint density at radius 1 is 1.56 bits per heavy atom. The summed E-state index contributed by atoms with van der Waals surface area (Å²) in [7, 11) is 0. The Morgan fingerprint density at radius 2 is 2.39 bits per heavy atom. The van der Waals surface area contributed by atoms with Crippen LogP contribution in [-0.2, 0) is 4.79 Å². The van der Waals surface area contributed by atoms with Crippen molar-refractivity contribution in [2.75, 3.05) is 11.9 Å². The molecule has 1 amide bonds. The fourth-order valence-corrected chi connectivity index (χ4v) is 2.38. The van der Waals surface area contributed by atoms with Gasteiger partial charge in [0.2, 0.25) is 5.13 Å². The van der Waals surface area contributed by atoms with Gasteiger partial charge in [-0.05, 0) is 34.1 Å². The first-order chi connectivity index (χ1) is 8.65. The Morgan fingerprint density at radius 3 is 3.06 bits per heavy atom. The smallest absolute Gasteiger partial charge is 0.264 e. The van der Waals surface area contributed by atoms with E-state index in [2.05, 4.69) is 31.4 Å². The average Bonchev–Trinajstić information content (AvgIpc) is 2.80. The van der Waals surface area contributed by atoms with Crippen molar-refractivity contribution >= 4 is 49.9 Å². The maximum absolute atomic E-state index is 11.5. The van der Waals surface area contributed by atoms with Gasteiger partial charge in [0, 0.05) is 5.02 Å². The first kappa shape index (κ1) is 13.3. The minimum absolute atomic E-state index is 0.111. The highest BCUT2D eigenvalue weighted by Crippen LogP contribution is 2.27. The molecule has 0 unspecified atom stereocenters. The minimum atomic E-state index is -0.298. The zero-order valence-electron chi connectivity index (χ0n) is 8.89. The molecule has 0 bridgehead atoms. The molecule has 0 saturated heterocycles. The lowest BCUT2D eigenvalue weighted by Gasteiger charge is -2.07. The van der Waals surface area contributed by atoms with Crippen molar-refractivity contribution in [3.63, 3.8) is 0 Å². The number of rotatable bonds is 4. The second-order valence-electron chi connectivity index (χ2n) is 3.16. The molecule has 18 heavy (non-hydrogen) atoms. The molecule has 94 valence electrons. The number of hydrogen-bond acceptors (Lipinski definition) is 5. The van der Waals surface area contributed by atoms with Crippen molar-refractivity contribution in [3.8, 4) is 5.75 Å². The third-order valence-corrected chi connectivity index (χ3v) is 3.32. The van der Waals surface area contributed by atoms with E-state index in [1.807, 2.05) is 0 Å². The Kier molecular flexibility index (Phi) is 4.51. The van der Waals surface area contributed by atoms with Crippen molar-refractivity contribution in [1.29, 1.82) is 0 Å². The van der Waals surface area contributed by atoms with Gasteiger partial charge in [-0.1, -0.05) is 22.9 Å². The van der Waals surface area contributed by atoms with Gasteiger partial charge >= 0.3 is 0 Å². The number of anilines is 1. The van der Waals surface area contributed by atoms with Gasteiger partial charge < -0.3 is 4.74 Å². The summed E-state index contributed by atoms with van der Waals surface area (Å²) in [6.07, 6.45) is 0. The van der Waals surface area contributed by atoms with Crippen LogP contribution in [0.25, 0.3) is 0 Å². The Hall–Kier alpha value is -1.18. The fourth-order valence-electron chi connectivity index (χ4n) is 1.12. The Labute approximate surface area is 120 Å². The number of benzene rings is 1. The molecule has 0 aliphatic carbocycles. The van der Waals surface area contributed by atoms with Crippen LogP contribution < -0.4 is 10.1 Å². The highest BCUT2D eigenvalue weighted by molar-refractivity contribution is 9.10. The number of aromatic nitrogens is 2. The standard InChI is InChI=1S/C10H7BrClN3O2S/c11-7-3-6(12)1-2-8(7)17-4-9(16)14-10-15-13-5-18-10/h1-3,5H,4H2,(H,14,15,16). The van der Waals surface area contributed by atoms with Gasteiger partial charge in [-0.3, -0.25) is 10.1 Å². The van der Waals surface area contributed by atoms with Gasteiger partial charge in [0.15, 0.2) is 6.61 Å². The largest absolute Gasteiger partial charge is 0.483 e. The van der Waals surface area contributed by atoms with Crippen molar-refractivity contribution in [2.24, 2.45) is 0 Å². The molecule has 0 fully saturated rings. The van der Waals surface area contributed by atoms with Gasteiger partial charge in [0.05, 0.1) is 4.47 Å². The van der Waals surface area contributed by atoms with Crippen LogP contribution in [0.4, 0.5) is 5.13 Å². The van der Waals surface area contributed by atoms with E-state index in [1.165, 1.54) is 16.8 Å². The number of ether oxygens (including phenoxy) is 1. The second-order valence-corrected chi connectivity index (χ2v) is 5.28. The molecule has 0 aliphatic heterocycles. The molecule has 0 radical (unpaired) electrons. The van der Waals surface area contributed by atoms with Crippen molar-refractivity contribution in [3.05, 3.63) is 33.2 Å². The second kappa shape index (κ2) is 6.12. The summed E-state index contributed by atoms with van der Waals surface area (Å²) in [6, 6.07) is 5.06. The summed E-state index contributed by atoms with van der Waals surface area (Å²) in [5.41, 5.74) is 1.53. The van der Waals surface area contributed by atoms with Crippen LogP contribution in [-0.4, -0.2) is 22.7 Å². The van der Waals surface area contributed by atoms with Crippen molar-refractivity contribution in [1.82, 2.24) is 10.2 Å². The van der Waals surface area contributed by atoms with Gasteiger partial charge in [0.1, 0.15) is 11.3 Å². The van der Waals surface area contributed by atoms with E-state index in [9.17, 15) is 4.79 Å². The lowest BCUT2D eigenvalue weighted by Crippen LogP contribution is -2.20. The van der Waals surface area contributed by atoms with E-state index in [1.54, 1.807) is 18.2 Å². The highest BCUT2D eigenvalue weighted by atomic mass is 79.9. The molecule has 1 N–H and O–H groups in total. The van der Waals surface area contributed by atoms with Crippen LogP contribution in [0, 0.1) is 0 Å². The zero-order valence-corrected chi connectivity index (χ0v) is 12.1. The number of halogens is 2. The van der Waals surface area contributed by atoms with E-state index in [4.69, 9.17) is 16.3 Å². The quantitative estimate of drug-likeness (QED) is 0.922. The first-order valence-corrected chi connectivity index (χ1v) is 6.84. The molecule has 0 atom stereocenters. The van der Waals surface area contributed by atoms with Gasteiger partial charge in [-0.2, -0.15) is 0 Å². The van der Waals surface area contributed by atoms with E-state index < -0.39 is 0 Å². The van der Waals surface area contributed by atoms with E-state index in [0.29, 0.717) is 20.4 Å². The lowest BCUT2D eigenvalue weighted by molar-refractivity contribution is -0.118. The summed E-state index contributed by atoms with van der Waals surface area (Å²) in [4.78, 5) is 11.5. The van der Waals surface area contributed by atoms with Crippen molar-refractivity contribution in [2.45, 2.75) is 0 Å².